The second-order valence-corrected chi connectivity index (χ2v) is 8.30. The molecular formula is C26H22ClN5O2. The van der Waals surface area contributed by atoms with Crippen LogP contribution in [0.3, 0.4) is 0 Å². The Morgan fingerprint density at radius 1 is 1.06 bits per heavy atom. The number of nitrogens with zero attached hydrogens (tertiary/aromatic N) is 3. The fraction of sp³-hybridized carbons (Fsp3) is 0.115. The van der Waals surface area contributed by atoms with E-state index >= 15 is 0 Å². The van der Waals surface area contributed by atoms with Gasteiger partial charge in [0.2, 0.25) is 5.95 Å². The minimum atomic E-state index is -0.530. The van der Waals surface area contributed by atoms with Gasteiger partial charge < -0.3 is 15.4 Å². The molecule has 0 fully saturated rings. The Hall–Kier alpha value is -4.10. The lowest BCUT2D eigenvalue weighted by Crippen LogP contribution is -2.31. The zero-order valence-electron chi connectivity index (χ0n) is 18.4. The number of hydrogen-bond acceptors (Lipinski definition) is 5. The van der Waals surface area contributed by atoms with Gasteiger partial charge in [-0.25, -0.2) is 4.68 Å². The molecule has 1 aliphatic heterocycles. The quantitative estimate of drug-likeness (QED) is 0.391. The number of fused-ring (bicyclic) bond motifs is 1. The number of benzene rings is 3. The highest BCUT2D eigenvalue weighted by molar-refractivity contribution is 6.30. The number of allylic oxidation sites excluding steroid dienone is 1. The van der Waals surface area contributed by atoms with Crippen molar-refractivity contribution < 1.29 is 9.53 Å². The first-order valence-electron chi connectivity index (χ1n) is 10.8. The van der Waals surface area contributed by atoms with Crippen LogP contribution < -0.4 is 15.4 Å². The van der Waals surface area contributed by atoms with E-state index in [1.165, 1.54) is 6.33 Å². The van der Waals surface area contributed by atoms with Gasteiger partial charge in [-0.3, -0.25) is 4.79 Å². The summed E-state index contributed by atoms with van der Waals surface area (Å²) in [5.41, 5.74) is 3.72. The number of halogens is 1. The number of hydrogen-bond donors (Lipinski definition) is 2. The highest BCUT2D eigenvalue weighted by atomic mass is 35.5. The van der Waals surface area contributed by atoms with Crippen molar-refractivity contribution in [2.24, 2.45) is 0 Å². The van der Waals surface area contributed by atoms with Crippen LogP contribution in [0.2, 0.25) is 5.02 Å². The zero-order valence-corrected chi connectivity index (χ0v) is 19.2. The third-order valence-electron chi connectivity index (χ3n) is 5.59. The molecule has 2 heterocycles. The number of rotatable bonds is 6. The monoisotopic (exact) mass is 471 g/mol. The maximum atomic E-state index is 13.5. The molecule has 1 aromatic heterocycles. The molecule has 1 atom stereocenters. The summed E-state index contributed by atoms with van der Waals surface area (Å²) in [6, 6.07) is 24.1. The van der Waals surface area contributed by atoms with Crippen molar-refractivity contribution in [3.8, 4) is 5.75 Å². The summed E-state index contributed by atoms with van der Waals surface area (Å²) >= 11 is 5.99. The lowest BCUT2D eigenvalue weighted by atomic mass is 9.94. The van der Waals surface area contributed by atoms with Gasteiger partial charge in [0, 0.05) is 22.0 Å². The number of aromatic nitrogens is 3. The van der Waals surface area contributed by atoms with Crippen LogP contribution in [0.5, 0.6) is 5.75 Å². The van der Waals surface area contributed by atoms with Crippen molar-refractivity contribution in [1.82, 2.24) is 14.8 Å². The van der Waals surface area contributed by atoms with Crippen LogP contribution in [-0.2, 0) is 11.4 Å². The fourth-order valence-corrected chi connectivity index (χ4v) is 4.10. The Labute approximate surface area is 202 Å². The van der Waals surface area contributed by atoms with E-state index in [-0.39, 0.29) is 5.91 Å². The molecule has 0 spiro atoms. The number of carbonyl (C=O) groups is 1. The first kappa shape index (κ1) is 21.7. The van der Waals surface area contributed by atoms with Crippen molar-refractivity contribution >= 4 is 29.1 Å². The van der Waals surface area contributed by atoms with Gasteiger partial charge in [0.05, 0.1) is 5.57 Å². The molecule has 3 aromatic carbocycles. The van der Waals surface area contributed by atoms with E-state index in [0.29, 0.717) is 40.3 Å². The van der Waals surface area contributed by atoms with E-state index in [4.69, 9.17) is 16.3 Å². The first-order valence-corrected chi connectivity index (χ1v) is 11.2. The molecule has 7 nitrogen and oxygen atoms in total. The minimum Gasteiger partial charge on any atom is -0.489 e. The Morgan fingerprint density at radius 3 is 2.59 bits per heavy atom. The standard InChI is InChI=1S/C26H22ClN5O2/c1-17-23(25(33)31-20-13-11-19(27)12-14-20)24(32-26(30-17)28-16-29-32)21-9-5-6-10-22(21)34-15-18-7-3-2-4-8-18/h2-14,16,24H,15H2,1H3,(H,31,33)(H,28,29,30)/t24-/m1/s1. The highest BCUT2D eigenvalue weighted by Crippen LogP contribution is 2.39. The predicted octanol–water partition coefficient (Wildman–Crippen LogP) is 5.44. The lowest BCUT2D eigenvalue weighted by molar-refractivity contribution is -0.113. The van der Waals surface area contributed by atoms with Gasteiger partial charge in [-0.05, 0) is 42.8 Å². The van der Waals surface area contributed by atoms with Crippen LogP contribution in [0.4, 0.5) is 11.6 Å². The van der Waals surface area contributed by atoms with Crippen LogP contribution >= 0.6 is 11.6 Å². The third-order valence-corrected chi connectivity index (χ3v) is 5.84. The number of para-hydroxylation sites is 1. The van der Waals surface area contributed by atoms with Crippen molar-refractivity contribution in [3.63, 3.8) is 0 Å². The molecular weight excluding hydrogens is 450 g/mol. The van der Waals surface area contributed by atoms with Crippen LogP contribution in [0.25, 0.3) is 0 Å². The molecule has 0 unspecified atom stereocenters. The van der Waals surface area contributed by atoms with E-state index in [0.717, 1.165) is 11.1 Å². The van der Waals surface area contributed by atoms with Gasteiger partial charge in [0.25, 0.3) is 5.91 Å². The van der Waals surface area contributed by atoms with Gasteiger partial charge in [-0.2, -0.15) is 10.1 Å². The third kappa shape index (κ3) is 4.38. The summed E-state index contributed by atoms with van der Waals surface area (Å²) in [4.78, 5) is 17.8. The number of nitrogens with one attached hydrogen (secondary N) is 2. The average Bonchev–Trinajstić information content (AvgIpc) is 3.32. The molecule has 2 N–H and O–H groups in total. The summed E-state index contributed by atoms with van der Waals surface area (Å²) in [5, 5.41) is 11.2. The van der Waals surface area contributed by atoms with Crippen molar-refractivity contribution in [3.05, 3.63) is 113 Å². The number of amides is 1. The van der Waals surface area contributed by atoms with E-state index in [9.17, 15) is 4.79 Å². The molecule has 1 aliphatic rings. The Kier molecular flexibility index (Phi) is 6.01. The molecule has 5 rings (SSSR count). The summed E-state index contributed by atoms with van der Waals surface area (Å²) in [6.07, 6.45) is 1.47. The summed E-state index contributed by atoms with van der Waals surface area (Å²) in [6.45, 7) is 2.26. The topological polar surface area (TPSA) is 81.1 Å². The fourth-order valence-electron chi connectivity index (χ4n) is 3.98. The van der Waals surface area contributed by atoms with Crippen molar-refractivity contribution in [2.45, 2.75) is 19.6 Å². The SMILES string of the molecule is CC1=C(C(=O)Nc2ccc(Cl)cc2)[C@@H](c2ccccc2OCc2ccccc2)n2ncnc2N1. The van der Waals surface area contributed by atoms with Crippen LogP contribution in [0, 0.1) is 0 Å². The highest BCUT2D eigenvalue weighted by Gasteiger charge is 2.35. The van der Waals surface area contributed by atoms with Crippen LogP contribution in [0.15, 0.2) is 96.5 Å². The predicted molar refractivity (Wildman–Crippen MR) is 132 cm³/mol. The van der Waals surface area contributed by atoms with Gasteiger partial charge in [0.1, 0.15) is 24.7 Å². The van der Waals surface area contributed by atoms with Gasteiger partial charge in [-0.15, -0.1) is 0 Å². The van der Waals surface area contributed by atoms with Crippen LogP contribution in [-0.4, -0.2) is 20.7 Å². The number of ether oxygens (including phenoxy) is 1. The Morgan fingerprint density at radius 2 is 1.79 bits per heavy atom. The lowest BCUT2D eigenvalue weighted by Gasteiger charge is -2.29. The number of anilines is 2. The molecule has 0 saturated heterocycles. The molecule has 4 aromatic rings. The normalized spacial score (nSPS) is 14.8. The maximum Gasteiger partial charge on any atom is 0.255 e. The summed E-state index contributed by atoms with van der Waals surface area (Å²) in [5.74, 6) is 0.976. The average molecular weight is 472 g/mol. The van der Waals surface area contributed by atoms with E-state index in [2.05, 4.69) is 20.7 Å². The largest absolute Gasteiger partial charge is 0.489 e. The summed E-state index contributed by atoms with van der Waals surface area (Å²) < 4.78 is 7.91. The second kappa shape index (κ2) is 9.41. The zero-order chi connectivity index (χ0) is 23.5. The van der Waals surface area contributed by atoms with Crippen LogP contribution in [0.1, 0.15) is 24.1 Å². The van der Waals surface area contributed by atoms with E-state index in [1.807, 2.05) is 61.5 Å². The van der Waals surface area contributed by atoms with E-state index < -0.39 is 6.04 Å². The second-order valence-electron chi connectivity index (χ2n) is 7.87. The smallest absolute Gasteiger partial charge is 0.255 e. The Balaban J connectivity index is 1.52. The number of carbonyl (C=O) groups excluding carboxylic acids is 1. The molecule has 170 valence electrons. The van der Waals surface area contributed by atoms with E-state index in [1.54, 1.807) is 28.9 Å². The molecule has 0 saturated carbocycles. The molecule has 1 amide bonds. The minimum absolute atomic E-state index is 0.253. The van der Waals surface area contributed by atoms with Crippen molar-refractivity contribution in [2.75, 3.05) is 10.6 Å². The molecule has 0 bridgehead atoms. The molecule has 34 heavy (non-hydrogen) atoms. The molecule has 0 radical (unpaired) electrons. The molecule has 8 heteroatoms. The van der Waals surface area contributed by atoms with Crippen molar-refractivity contribution in [1.29, 1.82) is 0 Å². The summed E-state index contributed by atoms with van der Waals surface area (Å²) in [7, 11) is 0. The molecule has 0 aliphatic carbocycles. The van der Waals surface area contributed by atoms with Gasteiger partial charge in [0.15, 0.2) is 0 Å². The van der Waals surface area contributed by atoms with Gasteiger partial charge >= 0.3 is 0 Å². The Bertz CT molecular complexity index is 1350. The first-order chi connectivity index (χ1) is 16.6. The maximum absolute atomic E-state index is 13.5. The van der Waals surface area contributed by atoms with Gasteiger partial charge in [-0.1, -0.05) is 60.1 Å².